The maximum absolute atomic E-state index is 10.5. The smallest absolute Gasteiger partial charge is 0.0704 e. The number of nitrogens with zero attached hydrogens (tertiary/aromatic N) is 1. The first-order valence-electron chi connectivity index (χ1n) is 11.4. The summed E-state index contributed by atoms with van der Waals surface area (Å²) in [5.74, 6) is 0. The summed E-state index contributed by atoms with van der Waals surface area (Å²) in [4.78, 5) is 2.41. The summed E-state index contributed by atoms with van der Waals surface area (Å²) in [5, 5.41) is 21.0. The van der Waals surface area contributed by atoms with E-state index in [9.17, 15) is 5.11 Å². The number of β-amino-alcohol motifs (C(OH)–C–C–N with tert-alkyl or cyclic N) is 1. The minimum Gasteiger partial charge on any atom is -0.391 e. The Morgan fingerprint density at radius 1 is 0.889 bits per heavy atom. The molecule has 0 saturated carbocycles. The Labute approximate surface area is 168 Å². The molecule has 0 spiro atoms. The summed E-state index contributed by atoms with van der Waals surface area (Å²) in [7, 11) is 0. The van der Waals surface area contributed by atoms with Gasteiger partial charge in [0.25, 0.3) is 0 Å². The first kappa shape index (κ1) is 24.6. The predicted octanol–water partition coefficient (Wildman–Crippen LogP) is 2.52. The highest BCUT2D eigenvalue weighted by molar-refractivity contribution is 4.96. The fourth-order valence-corrected chi connectivity index (χ4v) is 3.63. The molecule has 1 unspecified atom stereocenters. The van der Waals surface area contributed by atoms with Crippen molar-refractivity contribution >= 4 is 0 Å². The van der Waals surface area contributed by atoms with Crippen molar-refractivity contribution in [3.05, 3.63) is 12.2 Å². The fraction of sp³-hybridized carbons (Fsp3) is 0.909. The summed E-state index contributed by atoms with van der Waals surface area (Å²) >= 11 is 0. The van der Waals surface area contributed by atoms with E-state index >= 15 is 0 Å². The molecule has 1 fully saturated rings. The van der Waals surface area contributed by atoms with Gasteiger partial charge in [0.1, 0.15) is 0 Å². The van der Waals surface area contributed by atoms with Gasteiger partial charge in [0.2, 0.25) is 0 Å². The van der Waals surface area contributed by atoms with Gasteiger partial charge in [-0.15, -0.1) is 0 Å². The van der Waals surface area contributed by atoms with Gasteiger partial charge < -0.3 is 21.1 Å². The first-order valence-corrected chi connectivity index (χ1v) is 11.4. The van der Waals surface area contributed by atoms with Crippen LogP contribution < -0.4 is 16.0 Å². The highest BCUT2D eigenvalue weighted by Gasteiger charge is 2.13. The van der Waals surface area contributed by atoms with Crippen LogP contribution >= 0.6 is 0 Å². The Kier molecular flexibility index (Phi) is 16.0. The minimum absolute atomic E-state index is 0.288. The van der Waals surface area contributed by atoms with Crippen molar-refractivity contribution in [2.24, 2.45) is 0 Å². The number of unbranched alkanes of at least 4 members (excludes halogenated alkanes) is 4. The Morgan fingerprint density at radius 3 is 2.30 bits per heavy atom. The normalized spacial score (nSPS) is 20.1. The Hall–Kier alpha value is -0.460. The van der Waals surface area contributed by atoms with Gasteiger partial charge in [0.05, 0.1) is 6.10 Å². The molecule has 0 aliphatic carbocycles. The van der Waals surface area contributed by atoms with Crippen LogP contribution in [0, 0.1) is 0 Å². The summed E-state index contributed by atoms with van der Waals surface area (Å²) in [5.41, 5.74) is 1.22. The van der Waals surface area contributed by atoms with Crippen LogP contribution in [0.3, 0.4) is 0 Å². The molecule has 0 aromatic rings. The molecule has 1 aliphatic heterocycles. The number of aliphatic hydroxyl groups is 1. The molecule has 0 amide bonds. The van der Waals surface area contributed by atoms with Gasteiger partial charge in [-0.05, 0) is 58.3 Å². The monoisotopic (exact) mass is 382 g/mol. The molecule has 1 saturated heterocycles. The molecule has 1 atom stereocenters. The van der Waals surface area contributed by atoms with Gasteiger partial charge in [-0.3, -0.25) is 4.90 Å². The topological polar surface area (TPSA) is 59.6 Å². The van der Waals surface area contributed by atoms with Gasteiger partial charge in [-0.1, -0.05) is 44.8 Å². The molecule has 0 radical (unpaired) electrons. The number of nitrogens with one attached hydrogen (secondary N) is 3. The van der Waals surface area contributed by atoms with Gasteiger partial charge in [0, 0.05) is 32.7 Å². The lowest BCUT2D eigenvalue weighted by molar-refractivity contribution is 0.111. The highest BCUT2D eigenvalue weighted by atomic mass is 16.3. The van der Waals surface area contributed by atoms with E-state index in [1.165, 1.54) is 44.1 Å². The average Bonchev–Trinajstić information content (AvgIpc) is 2.64. The van der Waals surface area contributed by atoms with E-state index in [0.717, 1.165) is 78.2 Å². The van der Waals surface area contributed by atoms with Gasteiger partial charge in [-0.2, -0.15) is 0 Å². The highest BCUT2D eigenvalue weighted by Crippen LogP contribution is 2.14. The molecule has 0 bridgehead atoms. The maximum Gasteiger partial charge on any atom is 0.0704 e. The van der Waals surface area contributed by atoms with Gasteiger partial charge in [-0.25, -0.2) is 0 Å². The molecule has 0 aromatic heterocycles. The quantitative estimate of drug-likeness (QED) is 0.345. The van der Waals surface area contributed by atoms with Crippen LogP contribution in [-0.4, -0.2) is 75.0 Å². The van der Waals surface area contributed by atoms with Crippen molar-refractivity contribution in [1.29, 1.82) is 0 Å². The fourth-order valence-electron chi connectivity index (χ4n) is 3.63. The van der Waals surface area contributed by atoms with Crippen LogP contribution in [0.15, 0.2) is 12.2 Å². The third kappa shape index (κ3) is 15.2. The van der Waals surface area contributed by atoms with Crippen LogP contribution in [0.5, 0.6) is 0 Å². The third-order valence-corrected chi connectivity index (χ3v) is 5.25. The van der Waals surface area contributed by atoms with Crippen molar-refractivity contribution < 1.29 is 5.11 Å². The van der Waals surface area contributed by atoms with E-state index in [4.69, 9.17) is 0 Å². The molecule has 5 nitrogen and oxygen atoms in total. The Morgan fingerprint density at radius 2 is 1.56 bits per heavy atom. The number of aliphatic hydroxyl groups excluding tert-OH is 1. The minimum atomic E-state index is -0.288. The summed E-state index contributed by atoms with van der Waals surface area (Å²) in [6.45, 7) is 15.5. The van der Waals surface area contributed by atoms with E-state index in [-0.39, 0.29) is 6.10 Å². The molecular formula is C22H46N4O. The second kappa shape index (κ2) is 17.6. The van der Waals surface area contributed by atoms with Crippen LogP contribution in [0.4, 0.5) is 0 Å². The van der Waals surface area contributed by atoms with Gasteiger partial charge >= 0.3 is 0 Å². The summed E-state index contributed by atoms with van der Waals surface area (Å²) in [6.07, 6.45) is 10.3. The third-order valence-electron chi connectivity index (χ3n) is 5.25. The summed E-state index contributed by atoms with van der Waals surface area (Å²) in [6, 6.07) is 0. The zero-order valence-electron chi connectivity index (χ0n) is 17.9. The summed E-state index contributed by atoms with van der Waals surface area (Å²) < 4.78 is 0. The van der Waals surface area contributed by atoms with E-state index in [2.05, 4.69) is 34.4 Å². The van der Waals surface area contributed by atoms with Gasteiger partial charge in [0.15, 0.2) is 0 Å². The van der Waals surface area contributed by atoms with Crippen molar-refractivity contribution in [1.82, 2.24) is 20.9 Å². The van der Waals surface area contributed by atoms with Crippen molar-refractivity contribution in [2.45, 2.75) is 70.8 Å². The zero-order valence-corrected chi connectivity index (χ0v) is 17.9. The molecule has 5 heteroatoms. The molecule has 1 rings (SSSR count). The molecule has 1 aliphatic rings. The zero-order chi connectivity index (χ0) is 19.6. The first-order chi connectivity index (χ1) is 13.2. The van der Waals surface area contributed by atoms with E-state index in [1.807, 2.05) is 0 Å². The van der Waals surface area contributed by atoms with Crippen molar-refractivity contribution in [3.63, 3.8) is 0 Å². The largest absolute Gasteiger partial charge is 0.391 e. The second-order valence-electron chi connectivity index (χ2n) is 8.03. The van der Waals surface area contributed by atoms with E-state index < -0.39 is 0 Å². The Bertz CT molecular complexity index is 337. The van der Waals surface area contributed by atoms with Crippen molar-refractivity contribution in [3.8, 4) is 0 Å². The predicted molar refractivity (Wildman–Crippen MR) is 117 cm³/mol. The molecule has 160 valence electrons. The van der Waals surface area contributed by atoms with Crippen LogP contribution in [0.25, 0.3) is 0 Å². The number of hydrogen-bond donors (Lipinski definition) is 4. The molecular weight excluding hydrogens is 336 g/mol. The van der Waals surface area contributed by atoms with Crippen LogP contribution in [0.1, 0.15) is 64.7 Å². The molecule has 1 heterocycles. The lowest BCUT2D eigenvalue weighted by Gasteiger charge is -2.26. The number of hydrogen-bond acceptors (Lipinski definition) is 5. The standard InChI is InChI=1S/C22H46N4O/c1-3-4-5-6-7-10-21(2)19-22(27)20-26-17-9-13-24-15-14-23-11-8-12-25-16-18-26/h22-25,27H,2-20H2,1H3. The average molecular weight is 383 g/mol. The maximum atomic E-state index is 10.5. The van der Waals surface area contributed by atoms with Crippen LogP contribution in [0.2, 0.25) is 0 Å². The van der Waals surface area contributed by atoms with E-state index in [0.29, 0.717) is 0 Å². The van der Waals surface area contributed by atoms with E-state index in [1.54, 1.807) is 0 Å². The Balaban J connectivity index is 2.25. The molecule has 0 aromatic carbocycles. The molecule has 4 N–H and O–H groups in total. The number of rotatable bonds is 10. The lowest BCUT2D eigenvalue weighted by Crippen LogP contribution is -2.40. The lowest BCUT2D eigenvalue weighted by atomic mass is 10.0. The SMILES string of the molecule is C=C(CCCCCCC)CC(O)CN1CCCNCCNCCCNCC1. The second-order valence-corrected chi connectivity index (χ2v) is 8.03. The molecule has 27 heavy (non-hydrogen) atoms. The van der Waals surface area contributed by atoms with Crippen molar-refractivity contribution in [2.75, 3.05) is 58.9 Å². The van der Waals surface area contributed by atoms with Crippen LogP contribution in [-0.2, 0) is 0 Å².